The van der Waals surface area contributed by atoms with Crippen molar-refractivity contribution >= 4 is 27.5 Å². The van der Waals surface area contributed by atoms with E-state index in [1.807, 2.05) is 82.3 Å². The van der Waals surface area contributed by atoms with E-state index in [1.165, 1.54) is 41.3 Å². The Labute approximate surface area is 270 Å². The largest absolute Gasteiger partial charge is 0.494 e. The summed E-state index contributed by atoms with van der Waals surface area (Å²) in [5, 5.41) is 2.94. The first-order valence-electron chi connectivity index (χ1n) is 15.2. The average molecular weight is 646 g/mol. The SMILES string of the molecule is CCOc1ccc(S(=O)(=O)N(CC(=O)N(Cc2cccc(C)c2)C(Cc2ccccc2)C(=O)NC(C)C)c2ccc(F)cc2)cc1. The highest BCUT2D eigenvalue weighted by Crippen LogP contribution is 2.27. The van der Waals surface area contributed by atoms with E-state index < -0.39 is 34.3 Å². The minimum atomic E-state index is -4.32. The first kappa shape index (κ1) is 34.2. The van der Waals surface area contributed by atoms with Crippen molar-refractivity contribution in [1.29, 1.82) is 0 Å². The summed E-state index contributed by atoms with van der Waals surface area (Å²) in [6.45, 7) is 7.27. The molecule has 46 heavy (non-hydrogen) atoms. The number of sulfonamides is 1. The number of aryl methyl sites for hydroxylation is 1. The average Bonchev–Trinajstić information content (AvgIpc) is 3.02. The van der Waals surface area contributed by atoms with Crippen molar-refractivity contribution in [3.8, 4) is 5.75 Å². The second-order valence-corrected chi connectivity index (χ2v) is 13.1. The van der Waals surface area contributed by atoms with Crippen LogP contribution in [-0.4, -0.2) is 50.4 Å². The maximum absolute atomic E-state index is 14.5. The zero-order chi connectivity index (χ0) is 33.3. The molecular weight excluding hydrogens is 605 g/mol. The molecule has 0 radical (unpaired) electrons. The number of carbonyl (C=O) groups is 2. The Morgan fingerprint density at radius 3 is 2.13 bits per heavy atom. The van der Waals surface area contributed by atoms with Crippen LogP contribution in [0.2, 0.25) is 0 Å². The van der Waals surface area contributed by atoms with Crippen LogP contribution in [0.25, 0.3) is 0 Å². The van der Waals surface area contributed by atoms with Gasteiger partial charge in [-0.15, -0.1) is 0 Å². The van der Waals surface area contributed by atoms with Gasteiger partial charge >= 0.3 is 0 Å². The Morgan fingerprint density at radius 1 is 0.870 bits per heavy atom. The lowest BCUT2D eigenvalue weighted by molar-refractivity contribution is -0.140. The molecule has 0 fully saturated rings. The Balaban J connectivity index is 1.79. The summed E-state index contributed by atoms with van der Waals surface area (Å²) in [6.07, 6.45) is 0.207. The van der Waals surface area contributed by atoms with E-state index in [4.69, 9.17) is 4.74 Å². The Morgan fingerprint density at radius 2 is 1.52 bits per heavy atom. The molecule has 1 atom stereocenters. The van der Waals surface area contributed by atoms with Crippen molar-refractivity contribution in [3.63, 3.8) is 0 Å². The summed E-state index contributed by atoms with van der Waals surface area (Å²) in [5.74, 6) is -1.01. The van der Waals surface area contributed by atoms with E-state index in [0.29, 0.717) is 12.4 Å². The molecule has 0 aromatic heterocycles. The predicted octanol–water partition coefficient (Wildman–Crippen LogP) is 5.89. The van der Waals surface area contributed by atoms with Crippen LogP contribution in [0.5, 0.6) is 5.75 Å². The lowest BCUT2D eigenvalue weighted by Crippen LogP contribution is -2.54. The number of halogens is 1. The third kappa shape index (κ3) is 8.94. The van der Waals surface area contributed by atoms with E-state index in [0.717, 1.165) is 33.1 Å². The Kier molecular flexibility index (Phi) is 11.5. The van der Waals surface area contributed by atoms with Gasteiger partial charge in [0.1, 0.15) is 24.2 Å². The van der Waals surface area contributed by atoms with Crippen LogP contribution < -0.4 is 14.4 Å². The first-order valence-corrected chi connectivity index (χ1v) is 16.6. The standard InChI is InChI=1S/C36H40FN3O5S/c1-5-45-32-18-20-33(21-19-32)46(43,44)40(31-16-14-30(37)15-17-31)25-35(41)39(24-29-13-9-10-27(4)22-29)34(36(42)38-26(2)3)23-28-11-7-6-8-12-28/h6-22,26,34H,5,23-25H2,1-4H3,(H,38,42). The molecule has 1 unspecified atom stereocenters. The summed E-state index contributed by atoms with van der Waals surface area (Å²) >= 11 is 0. The molecule has 0 aliphatic rings. The van der Waals surface area contributed by atoms with Crippen molar-refractivity contribution < 1.29 is 27.1 Å². The van der Waals surface area contributed by atoms with Crippen LogP contribution >= 0.6 is 0 Å². The van der Waals surface area contributed by atoms with Gasteiger partial charge < -0.3 is 15.0 Å². The van der Waals surface area contributed by atoms with Crippen molar-refractivity contribution in [2.75, 3.05) is 17.5 Å². The van der Waals surface area contributed by atoms with E-state index in [-0.39, 0.29) is 35.5 Å². The van der Waals surface area contributed by atoms with Gasteiger partial charge in [0.25, 0.3) is 10.0 Å². The van der Waals surface area contributed by atoms with Crippen LogP contribution in [0, 0.1) is 12.7 Å². The second-order valence-electron chi connectivity index (χ2n) is 11.3. The third-order valence-electron chi connectivity index (χ3n) is 7.25. The van der Waals surface area contributed by atoms with Gasteiger partial charge in [0.05, 0.1) is 17.2 Å². The number of anilines is 1. The number of rotatable bonds is 14. The quantitative estimate of drug-likeness (QED) is 0.185. The summed E-state index contributed by atoms with van der Waals surface area (Å²) in [4.78, 5) is 29.6. The van der Waals surface area contributed by atoms with Gasteiger partial charge in [-0.25, -0.2) is 12.8 Å². The summed E-state index contributed by atoms with van der Waals surface area (Å²) in [5.41, 5.74) is 2.70. The van der Waals surface area contributed by atoms with Gasteiger partial charge in [-0.05, 0) is 87.4 Å². The van der Waals surface area contributed by atoms with Crippen molar-refractivity contribution in [1.82, 2.24) is 10.2 Å². The number of ether oxygens (including phenoxy) is 1. The van der Waals surface area contributed by atoms with Gasteiger partial charge in [-0.3, -0.25) is 13.9 Å². The van der Waals surface area contributed by atoms with E-state index >= 15 is 0 Å². The zero-order valence-corrected chi connectivity index (χ0v) is 27.3. The van der Waals surface area contributed by atoms with Gasteiger partial charge in [0.2, 0.25) is 11.8 Å². The molecule has 1 N–H and O–H groups in total. The number of hydrogen-bond donors (Lipinski definition) is 1. The van der Waals surface area contributed by atoms with Crippen LogP contribution in [0.4, 0.5) is 10.1 Å². The van der Waals surface area contributed by atoms with E-state index in [2.05, 4.69) is 5.32 Å². The molecule has 4 rings (SSSR count). The molecule has 242 valence electrons. The first-order chi connectivity index (χ1) is 22.0. The molecule has 0 aliphatic heterocycles. The van der Waals surface area contributed by atoms with Crippen molar-refractivity contribution in [2.24, 2.45) is 0 Å². The van der Waals surface area contributed by atoms with Crippen molar-refractivity contribution in [3.05, 3.63) is 126 Å². The maximum Gasteiger partial charge on any atom is 0.264 e. The molecule has 4 aromatic rings. The number of amides is 2. The lowest BCUT2D eigenvalue weighted by atomic mass is 10.0. The van der Waals surface area contributed by atoms with Crippen LogP contribution in [0.1, 0.15) is 37.5 Å². The smallest absolute Gasteiger partial charge is 0.264 e. The normalized spacial score (nSPS) is 12.0. The van der Waals surface area contributed by atoms with Crippen LogP contribution in [0.15, 0.2) is 108 Å². The molecule has 0 aliphatic carbocycles. The molecule has 0 saturated heterocycles. The number of nitrogens with one attached hydrogen (secondary N) is 1. The molecule has 0 spiro atoms. The fourth-order valence-electron chi connectivity index (χ4n) is 5.08. The monoisotopic (exact) mass is 645 g/mol. The minimum absolute atomic E-state index is 0.0594. The number of hydrogen-bond acceptors (Lipinski definition) is 5. The van der Waals surface area contributed by atoms with E-state index in [9.17, 15) is 22.4 Å². The fourth-order valence-corrected chi connectivity index (χ4v) is 6.49. The van der Waals surface area contributed by atoms with Crippen LogP contribution in [0.3, 0.4) is 0 Å². The topological polar surface area (TPSA) is 96.0 Å². The third-order valence-corrected chi connectivity index (χ3v) is 9.04. The molecule has 2 amide bonds. The highest BCUT2D eigenvalue weighted by Gasteiger charge is 2.35. The fraction of sp³-hybridized carbons (Fsp3) is 0.278. The van der Waals surface area contributed by atoms with Gasteiger partial charge in [0.15, 0.2) is 0 Å². The Bertz CT molecular complexity index is 1710. The molecule has 0 bridgehead atoms. The molecule has 4 aromatic carbocycles. The van der Waals surface area contributed by atoms with Gasteiger partial charge in [-0.2, -0.15) is 0 Å². The number of nitrogens with zero attached hydrogens (tertiary/aromatic N) is 2. The van der Waals surface area contributed by atoms with Gasteiger partial charge in [-0.1, -0.05) is 60.2 Å². The highest BCUT2D eigenvalue weighted by atomic mass is 32.2. The van der Waals surface area contributed by atoms with Crippen LogP contribution in [-0.2, 0) is 32.6 Å². The molecule has 0 saturated carbocycles. The predicted molar refractivity (Wildman–Crippen MR) is 177 cm³/mol. The van der Waals surface area contributed by atoms with E-state index in [1.54, 1.807) is 0 Å². The number of benzene rings is 4. The summed E-state index contributed by atoms with van der Waals surface area (Å²) < 4.78 is 48.6. The summed E-state index contributed by atoms with van der Waals surface area (Å²) in [7, 11) is -4.32. The van der Waals surface area contributed by atoms with Crippen molar-refractivity contribution in [2.45, 2.75) is 57.6 Å². The lowest BCUT2D eigenvalue weighted by Gasteiger charge is -2.34. The number of carbonyl (C=O) groups excluding carboxylic acids is 2. The molecule has 0 heterocycles. The maximum atomic E-state index is 14.5. The zero-order valence-electron chi connectivity index (χ0n) is 26.5. The van der Waals surface area contributed by atoms with Gasteiger partial charge in [0, 0.05) is 19.0 Å². The minimum Gasteiger partial charge on any atom is -0.494 e. The molecular formula is C36H40FN3O5S. The summed E-state index contributed by atoms with van der Waals surface area (Å²) in [6, 6.07) is 26.6. The molecule has 8 nitrogen and oxygen atoms in total. The highest BCUT2D eigenvalue weighted by molar-refractivity contribution is 7.92. The second kappa shape index (κ2) is 15.5. The molecule has 10 heteroatoms. The Hall–Kier alpha value is -4.70.